The summed E-state index contributed by atoms with van der Waals surface area (Å²) in [5, 5.41) is 0.744. The highest BCUT2D eigenvalue weighted by atomic mass is 35.5. The van der Waals surface area contributed by atoms with Gasteiger partial charge >= 0.3 is 0 Å². The number of hydrogen-bond donors (Lipinski definition) is 1. The largest absolute Gasteiger partial charge is 0.399 e. The molecule has 2 N–H and O–H groups in total. The molecule has 1 aromatic rings. The van der Waals surface area contributed by atoms with Crippen molar-refractivity contribution in [3.8, 4) is 0 Å². The van der Waals surface area contributed by atoms with E-state index < -0.39 is 0 Å². The zero-order valence-corrected chi connectivity index (χ0v) is 13.5. The number of nitrogens with zero attached hydrogens (tertiary/aromatic N) is 2. The van der Waals surface area contributed by atoms with Gasteiger partial charge < -0.3 is 10.6 Å². The standard InChI is InChI=1S/C17H26ClN3/c18-16-9-15(10-17(19)11-16)13-21-7-3-14(4-8-21)12-20-5-1-2-6-20/h9-11,14H,1-8,12-13,19H2. The Morgan fingerprint density at radius 1 is 1.00 bits per heavy atom. The van der Waals surface area contributed by atoms with E-state index in [-0.39, 0.29) is 0 Å². The fourth-order valence-corrected chi connectivity index (χ4v) is 3.95. The predicted octanol–water partition coefficient (Wildman–Crippen LogP) is 3.23. The third kappa shape index (κ3) is 4.35. The summed E-state index contributed by atoms with van der Waals surface area (Å²) >= 11 is 6.08. The lowest BCUT2D eigenvalue weighted by Crippen LogP contribution is -2.37. The fraction of sp³-hybridized carbons (Fsp3) is 0.647. The molecule has 2 fully saturated rings. The highest BCUT2D eigenvalue weighted by Crippen LogP contribution is 2.23. The number of benzene rings is 1. The van der Waals surface area contributed by atoms with Gasteiger partial charge in [0, 0.05) is 23.8 Å². The van der Waals surface area contributed by atoms with Crippen LogP contribution in [0.25, 0.3) is 0 Å². The summed E-state index contributed by atoms with van der Waals surface area (Å²) in [4.78, 5) is 5.18. The van der Waals surface area contributed by atoms with Gasteiger partial charge in [-0.15, -0.1) is 0 Å². The average molecular weight is 308 g/mol. The van der Waals surface area contributed by atoms with Gasteiger partial charge in [-0.2, -0.15) is 0 Å². The van der Waals surface area contributed by atoms with Crippen molar-refractivity contribution in [1.29, 1.82) is 0 Å². The molecule has 3 rings (SSSR count). The molecule has 0 spiro atoms. The van der Waals surface area contributed by atoms with Crippen molar-refractivity contribution in [2.24, 2.45) is 5.92 Å². The number of anilines is 1. The van der Waals surface area contributed by atoms with Gasteiger partial charge in [0.25, 0.3) is 0 Å². The number of likely N-dealkylation sites (tertiary alicyclic amines) is 2. The third-order valence-corrected chi connectivity index (χ3v) is 5.03. The lowest BCUT2D eigenvalue weighted by Gasteiger charge is -2.34. The molecule has 0 atom stereocenters. The van der Waals surface area contributed by atoms with Crippen molar-refractivity contribution in [3.63, 3.8) is 0 Å². The first-order valence-corrected chi connectivity index (χ1v) is 8.56. The smallest absolute Gasteiger partial charge is 0.0429 e. The number of nitrogen functional groups attached to an aromatic ring is 1. The second-order valence-electron chi connectivity index (χ2n) is 6.62. The van der Waals surface area contributed by atoms with Gasteiger partial charge in [0.15, 0.2) is 0 Å². The second kappa shape index (κ2) is 6.99. The quantitative estimate of drug-likeness (QED) is 0.867. The molecule has 0 unspecified atom stereocenters. The molecule has 2 aliphatic heterocycles. The maximum Gasteiger partial charge on any atom is 0.0429 e. The van der Waals surface area contributed by atoms with E-state index in [1.807, 2.05) is 18.2 Å². The van der Waals surface area contributed by atoms with Crippen LogP contribution >= 0.6 is 11.6 Å². The van der Waals surface area contributed by atoms with Gasteiger partial charge in [0.1, 0.15) is 0 Å². The predicted molar refractivity (Wildman–Crippen MR) is 89.5 cm³/mol. The first-order chi connectivity index (χ1) is 10.2. The first kappa shape index (κ1) is 15.1. The summed E-state index contributed by atoms with van der Waals surface area (Å²) in [6, 6.07) is 5.89. The summed E-state index contributed by atoms with van der Waals surface area (Å²) in [7, 11) is 0. The molecule has 0 saturated carbocycles. The highest BCUT2D eigenvalue weighted by molar-refractivity contribution is 6.30. The summed E-state index contributed by atoms with van der Waals surface area (Å²) < 4.78 is 0. The van der Waals surface area contributed by atoms with Gasteiger partial charge in [-0.3, -0.25) is 4.90 Å². The van der Waals surface area contributed by atoms with E-state index in [2.05, 4.69) is 9.80 Å². The van der Waals surface area contributed by atoms with E-state index in [4.69, 9.17) is 17.3 Å². The van der Waals surface area contributed by atoms with Crippen LogP contribution in [0, 0.1) is 5.92 Å². The van der Waals surface area contributed by atoms with Crippen LogP contribution in [-0.4, -0.2) is 42.5 Å². The van der Waals surface area contributed by atoms with Crippen LogP contribution in [0.3, 0.4) is 0 Å². The number of rotatable bonds is 4. The normalized spacial score (nSPS) is 22.0. The van der Waals surface area contributed by atoms with Crippen LogP contribution in [0.15, 0.2) is 18.2 Å². The van der Waals surface area contributed by atoms with Crippen LogP contribution in [-0.2, 0) is 6.54 Å². The lowest BCUT2D eigenvalue weighted by molar-refractivity contribution is 0.149. The molecule has 0 radical (unpaired) electrons. The summed E-state index contributed by atoms with van der Waals surface area (Å²) in [6.07, 6.45) is 5.45. The van der Waals surface area contributed by atoms with E-state index in [0.717, 1.165) is 23.2 Å². The molecule has 3 nitrogen and oxygen atoms in total. The van der Waals surface area contributed by atoms with Crippen LogP contribution in [0.4, 0.5) is 5.69 Å². The molecule has 0 aromatic heterocycles. The van der Waals surface area contributed by atoms with Crippen LogP contribution < -0.4 is 5.73 Å². The van der Waals surface area contributed by atoms with Crippen LogP contribution in [0.2, 0.25) is 5.02 Å². The third-order valence-electron chi connectivity index (χ3n) is 4.81. The van der Waals surface area contributed by atoms with Crippen molar-refractivity contribution in [3.05, 3.63) is 28.8 Å². The van der Waals surface area contributed by atoms with E-state index in [1.165, 1.54) is 64.0 Å². The summed E-state index contributed by atoms with van der Waals surface area (Å²) in [5.41, 5.74) is 7.87. The van der Waals surface area contributed by atoms with E-state index >= 15 is 0 Å². The minimum absolute atomic E-state index is 0.744. The number of piperidine rings is 1. The monoisotopic (exact) mass is 307 g/mol. The highest BCUT2D eigenvalue weighted by Gasteiger charge is 2.22. The molecule has 0 aliphatic carbocycles. The number of hydrogen-bond acceptors (Lipinski definition) is 3. The zero-order valence-electron chi connectivity index (χ0n) is 12.7. The Bertz CT molecular complexity index is 443. The van der Waals surface area contributed by atoms with Gasteiger partial charge in [0.05, 0.1) is 0 Å². The molecule has 1 aromatic carbocycles. The average Bonchev–Trinajstić information content (AvgIpc) is 2.93. The van der Waals surface area contributed by atoms with Crippen LogP contribution in [0.1, 0.15) is 31.2 Å². The number of nitrogens with two attached hydrogens (primary N) is 1. The molecule has 21 heavy (non-hydrogen) atoms. The molecule has 4 heteroatoms. The minimum Gasteiger partial charge on any atom is -0.399 e. The molecule has 2 heterocycles. The number of halogens is 1. The molecule has 116 valence electrons. The van der Waals surface area contributed by atoms with Gasteiger partial charge in [0.2, 0.25) is 0 Å². The Morgan fingerprint density at radius 2 is 1.71 bits per heavy atom. The van der Waals surface area contributed by atoms with Crippen molar-refractivity contribution in [2.75, 3.05) is 38.5 Å². The van der Waals surface area contributed by atoms with Crippen molar-refractivity contribution in [1.82, 2.24) is 9.80 Å². The SMILES string of the molecule is Nc1cc(Cl)cc(CN2CCC(CN3CCCC3)CC2)c1. The first-order valence-electron chi connectivity index (χ1n) is 8.19. The van der Waals surface area contributed by atoms with E-state index in [9.17, 15) is 0 Å². The Labute approximate surface area is 133 Å². The Balaban J connectivity index is 1.46. The second-order valence-corrected chi connectivity index (χ2v) is 7.06. The molecule has 2 saturated heterocycles. The minimum atomic E-state index is 0.744. The maximum atomic E-state index is 6.08. The molecule has 2 aliphatic rings. The topological polar surface area (TPSA) is 32.5 Å². The summed E-state index contributed by atoms with van der Waals surface area (Å²) in [5.74, 6) is 0.892. The van der Waals surface area contributed by atoms with E-state index in [0.29, 0.717) is 0 Å². The van der Waals surface area contributed by atoms with Gasteiger partial charge in [-0.1, -0.05) is 11.6 Å². The molecular formula is C17H26ClN3. The zero-order chi connectivity index (χ0) is 14.7. The Morgan fingerprint density at radius 3 is 2.38 bits per heavy atom. The van der Waals surface area contributed by atoms with Crippen molar-refractivity contribution < 1.29 is 0 Å². The van der Waals surface area contributed by atoms with E-state index in [1.54, 1.807) is 0 Å². The fourth-order valence-electron chi connectivity index (χ4n) is 3.68. The maximum absolute atomic E-state index is 6.08. The van der Waals surface area contributed by atoms with Crippen molar-refractivity contribution >= 4 is 17.3 Å². The lowest BCUT2D eigenvalue weighted by atomic mass is 9.96. The molecule has 0 amide bonds. The Hall–Kier alpha value is -0.770. The molecule has 0 bridgehead atoms. The Kier molecular flexibility index (Phi) is 5.04. The summed E-state index contributed by atoms with van der Waals surface area (Å²) in [6.45, 7) is 7.33. The van der Waals surface area contributed by atoms with Gasteiger partial charge in [-0.05, 0) is 81.5 Å². The van der Waals surface area contributed by atoms with Crippen molar-refractivity contribution in [2.45, 2.75) is 32.2 Å². The van der Waals surface area contributed by atoms with Gasteiger partial charge in [-0.25, -0.2) is 0 Å². The van der Waals surface area contributed by atoms with Crippen LogP contribution in [0.5, 0.6) is 0 Å². The molecular weight excluding hydrogens is 282 g/mol.